The molecule has 0 radical (unpaired) electrons. The molecule has 1 amide bonds. The topological polar surface area (TPSA) is 46.3 Å². The van der Waals surface area contributed by atoms with Gasteiger partial charge in [-0.2, -0.15) is 0 Å². The smallest absolute Gasteiger partial charge is 0.226 e. The Kier molecular flexibility index (Phi) is 5.01. The van der Waals surface area contributed by atoms with E-state index < -0.39 is 11.6 Å². The van der Waals surface area contributed by atoms with Crippen LogP contribution < -0.4 is 0 Å². The molecule has 4 nitrogen and oxygen atoms in total. The maximum Gasteiger partial charge on any atom is 0.226 e. The predicted molar refractivity (Wildman–Crippen MR) is 110 cm³/mol. The van der Waals surface area contributed by atoms with Gasteiger partial charge in [0.25, 0.3) is 0 Å². The molecule has 6 heteroatoms. The zero-order valence-electron chi connectivity index (χ0n) is 16.7. The number of fused-ring (bicyclic) bond motifs is 1. The summed E-state index contributed by atoms with van der Waals surface area (Å²) in [5.41, 5.74) is 2.61. The van der Waals surface area contributed by atoms with Crippen molar-refractivity contribution in [3.05, 3.63) is 53.9 Å². The third kappa shape index (κ3) is 3.48. The second-order valence-electron chi connectivity index (χ2n) is 8.39. The SMILES string of the molecule is O=C(C1CCCCC1)N1CCC[C@H]1c1nc2cc(-c3ccc(F)c(F)c3)ccc2o1. The summed E-state index contributed by atoms with van der Waals surface area (Å²) in [5.74, 6) is -0.816. The van der Waals surface area contributed by atoms with Crippen LogP contribution in [0.4, 0.5) is 8.78 Å². The highest BCUT2D eigenvalue weighted by Gasteiger charge is 2.36. The summed E-state index contributed by atoms with van der Waals surface area (Å²) >= 11 is 0. The summed E-state index contributed by atoms with van der Waals surface area (Å²) in [4.78, 5) is 19.7. The van der Waals surface area contributed by atoms with Gasteiger partial charge in [-0.15, -0.1) is 0 Å². The van der Waals surface area contributed by atoms with Crippen molar-refractivity contribution < 1.29 is 18.0 Å². The summed E-state index contributed by atoms with van der Waals surface area (Å²) in [6.07, 6.45) is 7.23. The van der Waals surface area contributed by atoms with E-state index in [0.717, 1.165) is 56.7 Å². The molecule has 5 rings (SSSR count). The highest BCUT2D eigenvalue weighted by atomic mass is 19.2. The van der Waals surface area contributed by atoms with Gasteiger partial charge in [-0.25, -0.2) is 13.8 Å². The minimum absolute atomic E-state index is 0.126. The highest BCUT2D eigenvalue weighted by molar-refractivity contribution is 5.81. The molecule has 1 aromatic heterocycles. The van der Waals surface area contributed by atoms with E-state index in [1.165, 1.54) is 12.5 Å². The average molecular weight is 410 g/mol. The molecule has 1 aliphatic heterocycles. The van der Waals surface area contributed by atoms with Crippen LogP contribution in [0.5, 0.6) is 0 Å². The first kappa shape index (κ1) is 19.2. The number of carbonyl (C=O) groups is 1. The van der Waals surface area contributed by atoms with Crippen LogP contribution in [0.3, 0.4) is 0 Å². The summed E-state index contributed by atoms with van der Waals surface area (Å²) in [6, 6.07) is 9.14. The monoisotopic (exact) mass is 410 g/mol. The van der Waals surface area contributed by atoms with Gasteiger partial charge < -0.3 is 9.32 Å². The molecule has 0 bridgehead atoms. The first-order valence-corrected chi connectivity index (χ1v) is 10.8. The fourth-order valence-corrected chi connectivity index (χ4v) is 4.81. The number of nitrogens with zero attached hydrogens (tertiary/aromatic N) is 2. The van der Waals surface area contributed by atoms with Gasteiger partial charge in [0.15, 0.2) is 17.2 Å². The molecular formula is C24H24F2N2O2. The van der Waals surface area contributed by atoms with Crippen LogP contribution in [0.2, 0.25) is 0 Å². The van der Waals surface area contributed by atoms with Gasteiger partial charge >= 0.3 is 0 Å². The van der Waals surface area contributed by atoms with Crippen molar-refractivity contribution >= 4 is 17.0 Å². The number of carbonyl (C=O) groups excluding carboxylic acids is 1. The largest absolute Gasteiger partial charge is 0.438 e. The van der Waals surface area contributed by atoms with Gasteiger partial charge in [-0.3, -0.25) is 4.79 Å². The third-order valence-corrected chi connectivity index (χ3v) is 6.43. The van der Waals surface area contributed by atoms with Gasteiger partial charge in [-0.1, -0.05) is 31.4 Å². The van der Waals surface area contributed by atoms with Crippen LogP contribution in [0.1, 0.15) is 56.9 Å². The van der Waals surface area contributed by atoms with Crippen LogP contribution >= 0.6 is 0 Å². The Labute approximate surface area is 173 Å². The summed E-state index contributed by atoms with van der Waals surface area (Å²) < 4.78 is 32.9. The molecule has 156 valence electrons. The standard InChI is InChI=1S/C24H24F2N2O2/c25-18-10-8-16(13-19(18)26)17-9-11-22-20(14-17)27-23(30-22)21-7-4-12-28(21)24(29)15-5-2-1-3-6-15/h8-11,13-15,21H,1-7,12H2/t21-/m0/s1. The lowest BCUT2D eigenvalue weighted by Gasteiger charge is -2.29. The molecule has 0 N–H and O–H groups in total. The molecule has 1 atom stereocenters. The third-order valence-electron chi connectivity index (χ3n) is 6.43. The van der Waals surface area contributed by atoms with Gasteiger partial charge in [0.2, 0.25) is 11.8 Å². The maximum atomic E-state index is 13.6. The molecule has 1 saturated heterocycles. The van der Waals surface area contributed by atoms with E-state index in [1.54, 1.807) is 12.1 Å². The second-order valence-corrected chi connectivity index (χ2v) is 8.39. The Bertz CT molecular complexity index is 1090. The van der Waals surface area contributed by atoms with E-state index in [2.05, 4.69) is 4.98 Å². The molecule has 0 unspecified atom stereocenters. The van der Waals surface area contributed by atoms with Crippen LogP contribution in [-0.4, -0.2) is 22.3 Å². The van der Waals surface area contributed by atoms with Crippen molar-refractivity contribution in [1.82, 2.24) is 9.88 Å². The summed E-state index contributed by atoms with van der Waals surface area (Å²) in [6.45, 7) is 0.749. The minimum Gasteiger partial charge on any atom is -0.438 e. The number of aromatic nitrogens is 1. The van der Waals surface area contributed by atoms with Crippen molar-refractivity contribution in [2.75, 3.05) is 6.54 Å². The van der Waals surface area contributed by atoms with Crippen LogP contribution in [0, 0.1) is 17.6 Å². The van der Waals surface area contributed by atoms with Crippen molar-refractivity contribution in [2.24, 2.45) is 5.92 Å². The number of rotatable bonds is 3. The Hall–Kier alpha value is -2.76. The van der Waals surface area contributed by atoms with E-state index in [4.69, 9.17) is 4.42 Å². The van der Waals surface area contributed by atoms with Crippen molar-refractivity contribution in [3.63, 3.8) is 0 Å². The van der Waals surface area contributed by atoms with Crippen LogP contribution in [0.25, 0.3) is 22.2 Å². The predicted octanol–water partition coefficient (Wildman–Crippen LogP) is 6.02. The fraction of sp³-hybridized carbons (Fsp3) is 0.417. The zero-order valence-corrected chi connectivity index (χ0v) is 16.7. The number of benzene rings is 2. The Morgan fingerprint density at radius 1 is 0.933 bits per heavy atom. The number of hydrogen-bond donors (Lipinski definition) is 0. The molecule has 0 spiro atoms. The molecule has 3 aromatic rings. The number of hydrogen-bond acceptors (Lipinski definition) is 3. The highest BCUT2D eigenvalue weighted by Crippen LogP contribution is 2.37. The molecule has 1 saturated carbocycles. The molecule has 30 heavy (non-hydrogen) atoms. The molecular weight excluding hydrogens is 386 g/mol. The van der Waals surface area contributed by atoms with E-state index in [9.17, 15) is 13.6 Å². The lowest BCUT2D eigenvalue weighted by Crippen LogP contribution is -2.36. The normalized spacial score (nSPS) is 20.2. The van der Waals surface area contributed by atoms with Gasteiger partial charge in [-0.05, 0) is 61.1 Å². The van der Waals surface area contributed by atoms with Crippen molar-refractivity contribution in [1.29, 1.82) is 0 Å². The maximum absolute atomic E-state index is 13.6. The zero-order chi connectivity index (χ0) is 20.7. The minimum atomic E-state index is -0.878. The molecule has 1 aliphatic carbocycles. The number of halogens is 2. The van der Waals surface area contributed by atoms with Crippen molar-refractivity contribution in [2.45, 2.75) is 51.0 Å². The van der Waals surface area contributed by atoms with Gasteiger partial charge in [0, 0.05) is 12.5 Å². The van der Waals surface area contributed by atoms with Crippen molar-refractivity contribution in [3.8, 4) is 11.1 Å². The molecule has 2 fully saturated rings. The average Bonchev–Trinajstić information content (AvgIpc) is 3.42. The number of oxazole rings is 1. The van der Waals surface area contributed by atoms with Crippen LogP contribution in [-0.2, 0) is 4.79 Å². The number of amides is 1. The van der Waals surface area contributed by atoms with E-state index in [-0.39, 0.29) is 17.9 Å². The first-order chi connectivity index (χ1) is 14.6. The number of likely N-dealkylation sites (tertiary alicyclic amines) is 1. The Morgan fingerprint density at radius 3 is 2.50 bits per heavy atom. The van der Waals surface area contributed by atoms with Gasteiger partial charge in [0.05, 0.1) is 0 Å². The van der Waals surface area contributed by atoms with E-state index in [0.29, 0.717) is 22.6 Å². The summed E-state index contributed by atoms with van der Waals surface area (Å²) in [5, 5.41) is 0. The second kappa shape index (κ2) is 7.82. The van der Waals surface area contributed by atoms with E-state index in [1.807, 2.05) is 17.0 Å². The lowest BCUT2D eigenvalue weighted by atomic mass is 9.88. The quantitative estimate of drug-likeness (QED) is 0.531. The van der Waals surface area contributed by atoms with Crippen LogP contribution in [0.15, 0.2) is 40.8 Å². The molecule has 2 aliphatic rings. The Balaban J connectivity index is 1.42. The molecule has 2 aromatic carbocycles. The molecule has 2 heterocycles. The van der Waals surface area contributed by atoms with E-state index >= 15 is 0 Å². The van der Waals surface area contributed by atoms with Gasteiger partial charge in [0.1, 0.15) is 11.6 Å². The first-order valence-electron chi connectivity index (χ1n) is 10.8. The Morgan fingerprint density at radius 2 is 1.70 bits per heavy atom. The lowest BCUT2D eigenvalue weighted by molar-refractivity contribution is -0.137. The summed E-state index contributed by atoms with van der Waals surface area (Å²) in [7, 11) is 0. The fourth-order valence-electron chi connectivity index (χ4n) is 4.81.